The van der Waals surface area contributed by atoms with Crippen LogP contribution in [0.1, 0.15) is 48.7 Å². The van der Waals surface area contributed by atoms with Crippen molar-refractivity contribution in [1.82, 2.24) is 9.78 Å². The molecule has 0 saturated heterocycles. The van der Waals surface area contributed by atoms with Gasteiger partial charge in [0.25, 0.3) is 0 Å². The van der Waals surface area contributed by atoms with Gasteiger partial charge in [-0.25, -0.2) is 4.79 Å². The first-order valence-electron chi connectivity index (χ1n) is 7.15. The van der Waals surface area contributed by atoms with Gasteiger partial charge >= 0.3 is 12.1 Å². The number of aromatic nitrogens is 2. The van der Waals surface area contributed by atoms with Crippen molar-refractivity contribution in [3.05, 3.63) is 17.5 Å². The quantitative estimate of drug-likeness (QED) is 0.802. The Bertz CT molecular complexity index is 553. The van der Waals surface area contributed by atoms with Gasteiger partial charge in [0.15, 0.2) is 5.69 Å². The molecule has 1 aromatic heterocycles. The van der Waals surface area contributed by atoms with Crippen LogP contribution < -0.4 is 0 Å². The van der Waals surface area contributed by atoms with Crippen molar-refractivity contribution in [2.24, 2.45) is 11.3 Å². The largest absolute Gasteiger partial charge is 0.461 e. The van der Waals surface area contributed by atoms with Crippen molar-refractivity contribution in [3.63, 3.8) is 0 Å². The summed E-state index contributed by atoms with van der Waals surface area (Å²) in [4.78, 5) is 11.8. The third kappa shape index (κ3) is 2.65. The van der Waals surface area contributed by atoms with Gasteiger partial charge in [-0.1, -0.05) is 0 Å². The summed E-state index contributed by atoms with van der Waals surface area (Å²) in [7, 11) is 0. The van der Waals surface area contributed by atoms with Gasteiger partial charge in [0.1, 0.15) is 5.56 Å². The van der Waals surface area contributed by atoms with E-state index in [9.17, 15) is 18.0 Å². The van der Waals surface area contributed by atoms with Gasteiger partial charge in [-0.3, -0.25) is 4.68 Å². The molecule has 7 heteroatoms. The molecule has 3 rings (SSSR count). The lowest BCUT2D eigenvalue weighted by atomic mass is 9.72. The molecule has 1 heterocycles. The van der Waals surface area contributed by atoms with E-state index in [2.05, 4.69) is 5.10 Å². The second kappa shape index (κ2) is 4.74. The minimum absolute atomic E-state index is 0.0356. The monoisotopic (exact) mass is 302 g/mol. The SMILES string of the molecule is CCOC(=O)c1c(C(F)(F)F)cnn1CC1CC2(CC2)C1. The summed E-state index contributed by atoms with van der Waals surface area (Å²) in [5, 5.41) is 3.77. The summed E-state index contributed by atoms with van der Waals surface area (Å²) < 4.78 is 44.8. The number of hydrogen-bond acceptors (Lipinski definition) is 3. The van der Waals surface area contributed by atoms with Crippen LogP contribution in [0.25, 0.3) is 0 Å². The van der Waals surface area contributed by atoms with Crippen molar-refractivity contribution in [2.45, 2.75) is 45.3 Å². The van der Waals surface area contributed by atoms with Gasteiger partial charge in [-0.2, -0.15) is 18.3 Å². The van der Waals surface area contributed by atoms with Crippen LogP contribution in [0.2, 0.25) is 0 Å². The van der Waals surface area contributed by atoms with Crippen LogP contribution in [0.5, 0.6) is 0 Å². The first-order valence-corrected chi connectivity index (χ1v) is 7.15. The molecule has 0 unspecified atom stereocenters. The normalized spacial score (nSPS) is 20.4. The fourth-order valence-corrected chi connectivity index (χ4v) is 3.27. The Hall–Kier alpha value is -1.53. The van der Waals surface area contributed by atoms with E-state index < -0.39 is 23.4 Å². The van der Waals surface area contributed by atoms with Crippen molar-refractivity contribution >= 4 is 5.97 Å². The van der Waals surface area contributed by atoms with E-state index in [4.69, 9.17) is 4.74 Å². The highest BCUT2D eigenvalue weighted by Gasteiger charge is 2.53. The Morgan fingerprint density at radius 2 is 2.14 bits per heavy atom. The van der Waals surface area contributed by atoms with E-state index in [1.54, 1.807) is 6.92 Å². The van der Waals surface area contributed by atoms with E-state index >= 15 is 0 Å². The Morgan fingerprint density at radius 3 is 2.67 bits per heavy atom. The first kappa shape index (κ1) is 14.4. The Labute approximate surface area is 120 Å². The molecule has 2 aliphatic carbocycles. The van der Waals surface area contributed by atoms with Crippen LogP contribution in [0.15, 0.2) is 6.20 Å². The van der Waals surface area contributed by atoms with Crippen molar-refractivity contribution in [1.29, 1.82) is 0 Å². The lowest BCUT2D eigenvalue weighted by molar-refractivity contribution is -0.138. The van der Waals surface area contributed by atoms with Gasteiger partial charge in [-0.15, -0.1) is 0 Å². The van der Waals surface area contributed by atoms with E-state index in [0.717, 1.165) is 19.0 Å². The van der Waals surface area contributed by atoms with Crippen molar-refractivity contribution < 1.29 is 22.7 Å². The Morgan fingerprint density at radius 1 is 1.48 bits per heavy atom. The lowest BCUT2D eigenvalue weighted by Gasteiger charge is -2.35. The molecule has 2 aliphatic rings. The average Bonchev–Trinajstić information content (AvgIpc) is 3.00. The Balaban J connectivity index is 1.81. The number of ether oxygens (including phenoxy) is 1. The summed E-state index contributed by atoms with van der Waals surface area (Å²) in [5.74, 6) is -0.649. The third-order valence-electron chi connectivity index (χ3n) is 4.45. The number of halogens is 3. The molecular formula is C14H17F3N2O2. The maximum absolute atomic E-state index is 13.0. The summed E-state index contributed by atoms with van der Waals surface area (Å²) >= 11 is 0. The molecule has 2 fully saturated rings. The molecular weight excluding hydrogens is 285 g/mol. The summed E-state index contributed by atoms with van der Waals surface area (Å²) in [6.45, 7) is 1.95. The molecule has 0 N–H and O–H groups in total. The number of carbonyl (C=O) groups excluding carboxylic acids is 1. The average molecular weight is 302 g/mol. The predicted molar refractivity (Wildman–Crippen MR) is 67.6 cm³/mol. The number of alkyl halides is 3. The van der Waals surface area contributed by atoms with Gasteiger partial charge in [0.05, 0.1) is 12.8 Å². The van der Waals surface area contributed by atoms with Gasteiger partial charge in [0, 0.05) is 6.54 Å². The molecule has 0 aromatic carbocycles. The van der Waals surface area contributed by atoms with E-state index in [0.29, 0.717) is 17.9 Å². The summed E-state index contributed by atoms with van der Waals surface area (Å²) in [6, 6.07) is 0. The topological polar surface area (TPSA) is 44.1 Å². The van der Waals surface area contributed by atoms with E-state index in [1.807, 2.05) is 0 Å². The number of carbonyl (C=O) groups is 1. The number of hydrogen-bond donors (Lipinski definition) is 0. The molecule has 116 valence electrons. The highest BCUT2D eigenvalue weighted by molar-refractivity contribution is 5.89. The number of esters is 1. The highest BCUT2D eigenvalue weighted by atomic mass is 19.4. The molecule has 0 aliphatic heterocycles. The van der Waals surface area contributed by atoms with Crippen molar-refractivity contribution in [2.75, 3.05) is 6.61 Å². The fraction of sp³-hybridized carbons (Fsp3) is 0.714. The zero-order valence-electron chi connectivity index (χ0n) is 11.7. The Kier molecular flexibility index (Phi) is 3.26. The van der Waals surface area contributed by atoms with Crippen LogP contribution in [0, 0.1) is 11.3 Å². The van der Waals surface area contributed by atoms with Crippen LogP contribution in [-0.4, -0.2) is 22.4 Å². The van der Waals surface area contributed by atoms with Crippen molar-refractivity contribution in [3.8, 4) is 0 Å². The molecule has 1 spiro atoms. The molecule has 1 aromatic rings. The predicted octanol–water partition coefficient (Wildman–Crippen LogP) is 3.27. The van der Waals surface area contributed by atoms with Crippen LogP contribution >= 0.6 is 0 Å². The number of rotatable bonds is 4. The summed E-state index contributed by atoms with van der Waals surface area (Å²) in [6.07, 6.45) is 0.616. The lowest BCUT2D eigenvalue weighted by Crippen LogP contribution is -2.30. The van der Waals surface area contributed by atoms with Crippen LogP contribution in [-0.2, 0) is 17.5 Å². The minimum Gasteiger partial charge on any atom is -0.461 e. The number of nitrogens with zero attached hydrogens (tertiary/aromatic N) is 2. The summed E-state index contributed by atoms with van der Waals surface area (Å²) in [5.41, 5.74) is -1.02. The standard InChI is InChI=1S/C14H17F3N2O2/c1-2-21-12(20)11-10(14(15,16)17)7-18-19(11)8-9-5-13(6-9)3-4-13/h7,9H,2-6,8H2,1H3. The van der Waals surface area contributed by atoms with Crippen LogP contribution in [0.4, 0.5) is 13.2 Å². The van der Waals surface area contributed by atoms with E-state index in [1.165, 1.54) is 17.5 Å². The maximum Gasteiger partial charge on any atom is 0.420 e. The first-order chi connectivity index (χ1) is 9.85. The zero-order valence-corrected chi connectivity index (χ0v) is 11.7. The fourth-order valence-electron chi connectivity index (χ4n) is 3.27. The second-order valence-electron chi connectivity index (χ2n) is 6.08. The third-order valence-corrected chi connectivity index (χ3v) is 4.45. The molecule has 0 atom stereocenters. The molecule has 0 bridgehead atoms. The second-order valence-corrected chi connectivity index (χ2v) is 6.08. The molecule has 4 nitrogen and oxygen atoms in total. The highest BCUT2D eigenvalue weighted by Crippen LogP contribution is 2.63. The van der Waals surface area contributed by atoms with Crippen LogP contribution in [0.3, 0.4) is 0 Å². The van der Waals surface area contributed by atoms with Gasteiger partial charge in [0.2, 0.25) is 0 Å². The van der Waals surface area contributed by atoms with E-state index in [-0.39, 0.29) is 6.61 Å². The smallest absolute Gasteiger partial charge is 0.420 e. The zero-order chi connectivity index (χ0) is 15.3. The minimum atomic E-state index is -4.60. The molecule has 2 saturated carbocycles. The maximum atomic E-state index is 13.0. The molecule has 0 amide bonds. The molecule has 21 heavy (non-hydrogen) atoms. The van der Waals surface area contributed by atoms with Gasteiger partial charge in [-0.05, 0) is 43.9 Å². The van der Waals surface area contributed by atoms with Gasteiger partial charge < -0.3 is 4.74 Å². The molecule has 0 radical (unpaired) electrons.